The fourth-order valence-electron chi connectivity index (χ4n) is 10.5. The highest BCUT2D eigenvalue weighted by Gasteiger charge is 2.64. The molecule has 10 atom stereocenters. The van der Waals surface area contributed by atoms with Gasteiger partial charge in [0.1, 0.15) is 52.8 Å². The van der Waals surface area contributed by atoms with Crippen LogP contribution in [-0.4, -0.2) is 169 Å². The number of carbonyl (C=O) groups excluding carboxylic acids is 11. The largest absolute Gasteiger partial charge is 0.495 e. The molecule has 27 nitrogen and oxygen atoms in total. The molecule has 4 bridgehead atoms. The van der Waals surface area contributed by atoms with Crippen LogP contribution >= 0.6 is 11.6 Å². The molecular formula is C60H80ClN9O18. The zero-order valence-electron chi connectivity index (χ0n) is 51.1. The number of rotatable bonds is 22. The van der Waals surface area contributed by atoms with E-state index < -0.39 is 138 Å². The third-order valence-electron chi connectivity index (χ3n) is 16.0. The number of methoxy groups -OCH3 is 2. The number of fused-ring (bicyclic) bond motifs is 5. The second-order valence-corrected chi connectivity index (χ2v) is 23.3. The van der Waals surface area contributed by atoms with Crippen LogP contribution in [0, 0.1) is 11.8 Å². The fraction of sp³-hybridized carbons (Fsp3) is 0.550. The second kappa shape index (κ2) is 30.2. The van der Waals surface area contributed by atoms with E-state index in [1.165, 1.54) is 64.4 Å². The zero-order valence-corrected chi connectivity index (χ0v) is 51.8. The van der Waals surface area contributed by atoms with Crippen LogP contribution in [0.4, 0.5) is 21.0 Å². The number of urea groups is 1. The molecule has 88 heavy (non-hydrogen) atoms. The minimum atomic E-state index is -1.92. The standard InChI is InChI=1S/C60H80ClN9O18/c1-32(2)51(66-45(71)18-11-12-19-49(75)88-70-46(72)24-25-47(70)73)54(77)65-39(16-14-26-63-57(62)80)53(76)64-38-22-20-37(21-23-38)55(78)68(7)35(5)56(79)86-44-30-48(74)69(8)40-28-36(29-41(83-9)50(40)61)27-33(3)15-13-17-43(84-10)60(82)31-42(85-58(81)67-60)34(4)52-59(44,6)87-52/h13,15,17,20-23,28-29,32,34-35,39,42-44,51-52,82H,11-12,14,16,18-19,24-27,30-31H2,1-10H3,(H,64,76)(H,65,77)(H,66,71)(H,67,81)(H3,62,63,80)/b17-13+,33-15+/t34-,35+,39+,42+,43-,44+,51+,52+,59+,60+/m1/s1. The first-order valence-corrected chi connectivity index (χ1v) is 29.3. The average molecular weight is 1250 g/mol. The van der Waals surface area contributed by atoms with Gasteiger partial charge in [-0.3, -0.25) is 38.9 Å². The number of primary amides is 1. The van der Waals surface area contributed by atoms with Crippen LogP contribution < -0.4 is 42.0 Å². The first kappa shape index (κ1) is 69.0. The quantitative estimate of drug-likeness (QED) is 0.0379. The summed E-state index contributed by atoms with van der Waals surface area (Å²) in [5.41, 5.74) is 4.13. The Kier molecular flexibility index (Phi) is 23.7. The van der Waals surface area contributed by atoms with Crippen molar-refractivity contribution in [2.45, 2.75) is 166 Å². The van der Waals surface area contributed by atoms with Crippen LogP contribution in [0.5, 0.6) is 5.75 Å². The lowest BCUT2D eigenvalue weighted by Gasteiger charge is -2.42. The number of likely N-dealkylation sites (N-methyl/N-ethyl adjacent to an activating group) is 1. The summed E-state index contributed by atoms with van der Waals surface area (Å²) in [6.07, 6.45) is 0.140. The molecule has 0 aliphatic carbocycles. The number of allylic oxidation sites excluding steroid dienone is 3. The molecule has 4 aliphatic rings. The van der Waals surface area contributed by atoms with Gasteiger partial charge < -0.3 is 70.4 Å². The normalized spacial score (nSPS) is 24.8. The van der Waals surface area contributed by atoms with Crippen molar-refractivity contribution in [1.82, 2.24) is 31.2 Å². The number of epoxide rings is 1. The first-order chi connectivity index (χ1) is 41.5. The van der Waals surface area contributed by atoms with Gasteiger partial charge in [0.05, 0.1) is 25.3 Å². The maximum atomic E-state index is 14.5. The zero-order chi connectivity index (χ0) is 64.9. The number of halogens is 1. The maximum Gasteiger partial charge on any atom is 0.409 e. The number of imide groups is 1. The Labute approximate surface area is 514 Å². The van der Waals surface area contributed by atoms with Gasteiger partial charge in [0, 0.05) is 77.0 Å². The molecular weight excluding hydrogens is 1170 g/mol. The number of nitrogens with two attached hydrogens (primary N) is 1. The minimum Gasteiger partial charge on any atom is -0.495 e. The predicted octanol–water partition coefficient (Wildman–Crippen LogP) is 4.01. The topological polar surface area (TPSA) is 363 Å². The lowest BCUT2D eigenvalue weighted by atomic mass is 9.83. The third kappa shape index (κ3) is 17.6. The van der Waals surface area contributed by atoms with E-state index in [1.54, 1.807) is 52.0 Å². The molecule has 6 rings (SSSR count). The maximum absolute atomic E-state index is 14.5. The van der Waals surface area contributed by atoms with Crippen LogP contribution in [0.3, 0.4) is 0 Å². The molecule has 3 saturated heterocycles. The number of hydrogen-bond acceptors (Lipinski definition) is 18. The van der Waals surface area contributed by atoms with E-state index in [0.29, 0.717) is 22.9 Å². The number of esters is 1. The van der Waals surface area contributed by atoms with E-state index in [4.69, 9.17) is 45.9 Å². The Morgan fingerprint density at radius 3 is 2.25 bits per heavy atom. The number of nitrogens with one attached hydrogen (secondary N) is 5. The van der Waals surface area contributed by atoms with Gasteiger partial charge in [0.15, 0.2) is 5.72 Å². The van der Waals surface area contributed by atoms with Crippen LogP contribution in [0.1, 0.15) is 122 Å². The second-order valence-electron chi connectivity index (χ2n) is 22.9. The van der Waals surface area contributed by atoms with Crippen molar-refractivity contribution in [2.24, 2.45) is 17.6 Å². The van der Waals surface area contributed by atoms with Gasteiger partial charge in [-0.05, 0) is 101 Å². The van der Waals surface area contributed by atoms with Gasteiger partial charge in [-0.2, -0.15) is 0 Å². The summed E-state index contributed by atoms with van der Waals surface area (Å²) in [7, 11) is 5.73. The average Bonchev–Trinajstić information content (AvgIpc) is 1.58. The Balaban J connectivity index is 1.13. The molecule has 0 aromatic heterocycles. The molecule has 0 spiro atoms. The molecule has 4 heterocycles. The van der Waals surface area contributed by atoms with Gasteiger partial charge in [-0.1, -0.05) is 56.2 Å². The summed E-state index contributed by atoms with van der Waals surface area (Å²) in [4.78, 5) is 151. The molecule has 0 radical (unpaired) electrons. The van der Waals surface area contributed by atoms with E-state index >= 15 is 0 Å². The number of aliphatic hydroxyl groups is 1. The Morgan fingerprint density at radius 2 is 1.61 bits per heavy atom. The van der Waals surface area contributed by atoms with Crippen molar-refractivity contribution in [2.75, 3.05) is 45.1 Å². The van der Waals surface area contributed by atoms with Crippen LogP contribution in [0.2, 0.25) is 5.02 Å². The number of nitrogens with zero attached hydrogens (tertiary/aromatic N) is 3. The summed E-state index contributed by atoms with van der Waals surface area (Å²) in [5, 5.41) is 25.5. The van der Waals surface area contributed by atoms with Gasteiger partial charge >= 0.3 is 24.1 Å². The third-order valence-corrected chi connectivity index (χ3v) is 16.3. The number of hydroxylamine groups is 2. The summed E-state index contributed by atoms with van der Waals surface area (Å²) in [6.45, 7) is 10.1. The van der Waals surface area contributed by atoms with Crippen molar-refractivity contribution in [3.05, 3.63) is 76.3 Å². The van der Waals surface area contributed by atoms with Crippen LogP contribution in [-0.2, 0) is 68.6 Å². The van der Waals surface area contributed by atoms with E-state index in [-0.39, 0.29) is 80.6 Å². The van der Waals surface area contributed by atoms with Crippen molar-refractivity contribution in [1.29, 1.82) is 0 Å². The smallest absolute Gasteiger partial charge is 0.409 e. The van der Waals surface area contributed by atoms with Crippen molar-refractivity contribution < 1.29 is 86.4 Å². The molecule has 0 unspecified atom stereocenters. The number of benzene rings is 2. The first-order valence-electron chi connectivity index (χ1n) is 29.0. The van der Waals surface area contributed by atoms with Gasteiger partial charge in [-0.25, -0.2) is 19.2 Å². The molecule has 28 heteroatoms. The number of anilines is 2. The number of amides is 10. The summed E-state index contributed by atoms with van der Waals surface area (Å²) in [5.74, 6) is -6.84. The molecule has 2 aromatic carbocycles. The molecule has 4 aliphatic heterocycles. The van der Waals surface area contributed by atoms with E-state index in [0.717, 1.165) is 16.0 Å². The van der Waals surface area contributed by atoms with E-state index in [2.05, 4.69) is 26.6 Å². The van der Waals surface area contributed by atoms with E-state index in [9.17, 15) is 57.8 Å². The highest BCUT2D eigenvalue weighted by atomic mass is 35.5. The molecule has 0 saturated carbocycles. The minimum absolute atomic E-state index is 0.00777. The summed E-state index contributed by atoms with van der Waals surface area (Å²) >= 11 is 6.84. The molecule has 2 aromatic rings. The summed E-state index contributed by atoms with van der Waals surface area (Å²) in [6, 6.07) is 4.76. The number of ether oxygens (including phenoxy) is 5. The van der Waals surface area contributed by atoms with Gasteiger partial charge in [0.25, 0.3) is 17.7 Å². The molecule has 10 amide bonds. The van der Waals surface area contributed by atoms with Crippen LogP contribution in [0.15, 0.2) is 60.2 Å². The Bertz CT molecular complexity index is 3030. The lowest BCUT2D eigenvalue weighted by molar-refractivity contribution is -0.197. The number of carbonyl (C=O) groups is 11. The highest BCUT2D eigenvalue weighted by Crippen LogP contribution is 2.49. The molecule has 480 valence electrons. The number of unbranched alkanes of at least 4 members (excludes halogenated alkanes) is 1. The Morgan fingerprint density at radius 1 is 0.943 bits per heavy atom. The number of alkyl carbamates (subject to hydrolysis) is 1. The van der Waals surface area contributed by atoms with E-state index in [1.807, 2.05) is 13.0 Å². The van der Waals surface area contributed by atoms with Gasteiger partial charge in [0.2, 0.25) is 23.6 Å². The van der Waals surface area contributed by atoms with Crippen molar-refractivity contribution >= 4 is 88.4 Å². The van der Waals surface area contributed by atoms with Crippen LogP contribution in [0.25, 0.3) is 0 Å². The Hall–Kier alpha value is -8.14. The van der Waals surface area contributed by atoms with Crippen molar-refractivity contribution in [3.8, 4) is 5.75 Å². The monoisotopic (exact) mass is 1250 g/mol. The lowest BCUT2D eigenvalue weighted by Crippen LogP contribution is -2.63. The molecule has 8 N–H and O–H groups in total. The number of hydrogen-bond donors (Lipinski definition) is 7. The fourth-order valence-corrected chi connectivity index (χ4v) is 10.8. The predicted molar refractivity (Wildman–Crippen MR) is 317 cm³/mol. The molecule has 3 fully saturated rings. The van der Waals surface area contributed by atoms with Crippen molar-refractivity contribution in [3.63, 3.8) is 0 Å². The highest BCUT2D eigenvalue weighted by molar-refractivity contribution is 6.35. The SMILES string of the molecule is COc1cc2cc(c1Cl)N(C)C(=O)C[C@H](OC(=O)[C@H](C)N(C)C(=O)c1ccc(NC(=O)[C@H](CCCNC(N)=O)NC(=O)[C@@H](NC(=O)CCCCC(=O)ON3C(=O)CCC3=O)C(C)C)cc1)[C@]1(C)O[C@H]1[C@H](C)[C@@H]1C[C@@](O)(NC(=O)O1)[C@H](OC)/C=C/C=C(\C)C2. The summed E-state index contributed by atoms with van der Waals surface area (Å²) < 4.78 is 29.5. The van der Waals surface area contributed by atoms with Gasteiger partial charge in [-0.15, -0.1) is 5.06 Å².